The van der Waals surface area contributed by atoms with Crippen LogP contribution in [0.3, 0.4) is 0 Å². The zero-order chi connectivity index (χ0) is 13.7. The van der Waals surface area contributed by atoms with Gasteiger partial charge in [0.25, 0.3) is 0 Å². The van der Waals surface area contributed by atoms with Crippen molar-refractivity contribution in [1.82, 2.24) is 0 Å². The minimum atomic E-state index is -0.116. The van der Waals surface area contributed by atoms with E-state index in [0.717, 1.165) is 0 Å². The number of aromatic hydroxyl groups is 1. The number of phenols is 1. The third kappa shape index (κ3) is 3.60. The van der Waals surface area contributed by atoms with Crippen molar-refractivity contribution in [3.8, 4) is 5.75 Å². The number of carbonyl (C=O) groups excluding carboxylic acids is 1. The summed E-state index contributed by atoms with van der Waals surface area (Å²) in [5.74, 6) is -0.0455. The monoisotopic (exact) mass is 273 g/mol. The van der Waals surface area contributed by atoms with E-state index in [1.165, 1.54) is 18.3 Å². The van der Waals surface area contributed by atoms with E-state index in [1.807, 2.05) is 6.07 Å². The molecular weight excluding hydrogens is 262 g/mol. The van der Waals surface area contributed by atoms with Crippen molar-refractivity contribution in [2.75, 3.05) is 5.32 Å². The third-order valence-electron chi connectivity index (χ3n) is 2.49. The van der Waals surface area contributed by atoms with Gasteiger partial charge in [0.2, 0.25) is 0 Å². The molecule has 4 heteroatoms. The maximum atomic E-state index is 11.8. The van der Waals surface area contributed by atoms with E-state index in [1.54, 1.807) is 36.4 Å². The number of nitrogens with one attached hydrogen (secondary N) is 1. The molecule has 0 aliphatic heterocycles. The highest BCUT2D eigenvalue weighted by molar-refractivity contribution is 6.30. The van der Waals surface area contributed by atoms with Crippen LogP contribution in [0.15, 0.2) is 60.8 Å². The zero-order valence-electron chi connectivity index (χ0n) is 10.0. The summed E-state index contributed by atoms with van der Waals surface area (Å²) in [6.07, 6.45) is 2.87. The summed E-state index contributed by atoms with van der Waals surface area (Å²) in [6, 6.07) is 13.6. The Balaban J connectivity index is 2.04. The molecule has 0 saturated carbocycles. The molecule has 2 N–H and O–H groups in total. The molecule has 2 rings (SSSR count). The summed E-state index contributed by atoms with van der Waals surface area (Å²) in [7, 11) is 0. The van der Waals surface area contributed by atoms with E-state index in [0.29, 0.717) is 16.3 Å². The molecule has 0 radical (unpaired) electrons. The summed E-state index contributed by atoms with van der Waals surface area (Å²) in [4.78, 5) is 11.8. The van der Waals surface area contributed by atoms with E-state index < -0.39 is 0 Å². The Kier molecular flexibility index (Phi) is 4.21. The van der Waals surface area contributed by atoms with Gasteiger partial charge < -0.3 is 10.4 Å². The fourth-order valence-electron chi connectivity index (χ4n) is 1.53. The molecular formula is C15H12ClNO2. The minimum Gasteiger partial charge on any atom is -0.506 e. The fourth-order valence-corrected chi connectivity index (χ4v) is 1.70. The Hall–Kier alpha value is -2.26. The van der Waals surface area contributed by atoms with E-state index in [2.05, 4.69) is 5.32 Å². The fraction of sp³-hybridized carbons (Fsp3) is 0. The standard InChI is InChI=1S/C15H12ClNO2/c16-12-6-7-15(19)13(10-12)17-9-8-14(18)11-4-2-1-3-5-11/h1-10,17,19H. The van der Waals surface area contributed by atoms with Crippen LogP contribution >= 0.6 is 11.6 Å². The second-order valence-electron chi connectivity index (χ2n) is 3.87. The van der Waals surface area contributed by atoms with Crippen molar-refractivity contribution in [2.45, 2.75) is 0 Å². The van der Waals surface area contributed by atoms with Gasteiger partial charge in [-0.3, -0.25) is 4.79 Å². The number of benzene rings is 2. The Morgan fingerprint density at radius 3 is 2.63 bits per heavy atom. The van der Waals surface area contributed by atoms with Crippen LogP contribution in [0.2, 0.25) is 5.02 Å². The van der Waals surface area contributed by atoms with Crippen molar-refractivity contribution in [3.63, 3.8) is 0 Å². The molecule has 0 amide bonds. The molecule has 19 heavy (non-hydrogen) atoms. The molecule has 0 aromatic heterocycles. The summed E-state index contributed by atoms with van der Waals surface area (Å²) in [5, 5.41) is 12.9. The van der Waals surface area contributed by atoms with Gasteiger partial charge in [-0.1, -0.05) is 41.9 Å². The maximum Gasteiger partial charge on any atom is 0.187 e. The predicted octanol–water partition coefficient (Wildman–Crippen LogP) is 3.85. The Labute approximate surface area is 116 Å². The molecule has 0 fully saturated rings. The lowest BCUT2D eigenvalue weighted by molar-refractivity contribution is 0.104. The van der Waals surface area contributed by atoms with E-state index in [-0.39, 0.29) is 11.5 Å². The van der Waals surface area contributed by atoms with Gasteiger partial charge in [0.1, 0.15) is 5.75 Å². The van der Waals surface area contributed by atoms with Crippen LogP contribution < -0.4 is 5.32 Å². The van der Waals surface area contributed by atoms with Crippen LogP contribution in [0.25, 0.3) is 0 Å². The molecule has 0 aliphatic rings. The molecule has 3 nitrogen and oxygen atoms in total. The largest absolute Gasteiger partial charge is 0.506 e. The topological polar surface area (TPSA) is 49.3 Å². The molecule has 2 aromatic rings. The van der Waals surface area contributed by atoms with Crippen molar-refractivity contribution in [1.29, 1.82) is 0 Å². The highest BCUT2D eigenvalue weighted by Gasteiger charge is 2.01. The van der Waals surface area contributed by atoms with Gasteiger partial charge in [-0.05, 0) is 18.2 Å². The average molecular weight is 274 g/mol. The van der Waals surface area contributed by atoms with Crippen LogP contribution in [-0.4, -0.2) is 10.9 Å². The number of rotatable bonds is 4. The summed E-state index contributed by atoms with van der Waals surface area (Å²) in [6.45, 7) is 0. The number of allylic oxidation sites excluding steroid dienone is 1. The predicted molar refractivity (Wildman–Crippen MR) is 76.7 cm³/mol. The number of phenolic OH excluding ortho intramolecular Hbond substituents is 1. The number of carbonyl (C=O) groups is 1. The Morgan fingerprint density at radius 1 is 1.16 bits per heavy atom. The number of hydrogen-bond acceptors (Lipinski definition) is 3. The molecule has 96 valence electrons. The third-order valence-corrected chi connectivity index (χ3v) is 2.73. The molecule has 0 spiro atoms. The smallest absolute Gasteiger partial charge is 0.187 e. The maximum absolute atomic E-state index is 11.8. The van der Waals surface area contributed by atoms with Gasteiger partial charge in [-0.25, -0.2) is 0 Å². The Bertz CT molecular complexity index is 609. The second kappa shape index (κ2) is 6.07. The molecule has 0 saturated heterocycles. The van der Waals surface area contributed by atoms with E-state index in [9.17, 15) is 9.90 Å². The second-order valence-corrected chi connectivity index (χ2v) is 4.31. The first kappa shape index (κ1) is 13.2. The highest BCUT2D eigenvalue weighted by atomic mass is 35.5. The SMILES string of the molecule is O=C(C=CNc1cc(Cl)ccc1O)c1ccccc1. The van der Waals surface area contributed by atoms with Crippen LogP contribution in [-0.2, 0) is 0 Å². The van der Waals surface area contributed by atoms with Gasteiger partial charge >= 0.3 is 0 Å². The first-order valence-electron chi connectivity index (χ1n) is 5.68. The highest BCUT2D eigenvalue weighted by Crippen LogP contribution is 2.26. The molecule has 0 atom stereocenters. The van der Waals surface area contributed by atoms with Gasteiger partial charge in [-0.15, -0.1) is 0 Å². The van der Waals surface area contributed by atoms with E-state index in [4.69, 9.17) is 11.6 Å². The average Bonchev–Trinajstić information content (AvgIpc) is 2.43. The van der Waals surface area contributed by atoms with Gasteiger partial charge in [0, 0.05) is 22.9 Å². The molecule has 0 heterocycles. The lowest BCUT2D eigenvalue weighted by Crippen LogP contribution is -1.95. The molecule has 0 unspecified atom stereocenters. The first-order chi connectivity index (χ1) is 9.16. The van der Waals surface area contributed by atoms with Crippen LogP contribution in [0.5, 0.6) is 5.75 Å². The van der Waals surface area contributed by atoms with Gasteiger partial charge in [0.15, 0.2) is 5.78 Å². The van der Waals surface area contributed by atoms with Gasteiger partial charge in [0.05, 0.1) is 5.69 Å². The summed E-state index contributed by atoms with van der Waals surface area (Å²) in [5.41, 5.74) is 1.06. The normalized spacial score (nSPS) is 10.6. The molecule has 0 bridgehead atoms. The first-order valence-corrected chi connectivity index (χ1v) is 6.05. The number of ketones is 1. The van der Waals surface area contributed by atoms with Crippen LogP contribution in [0.4, 0.5) is 5.69 Å². The quantitative estimate of drug-likeness (QED) is 0.505. The number of anilines is 1. The zero-order valence-corrected chi connectivity index (χ0v) is 10.8. The van der Waals surface area contributed by atoms with Crippen LogP contribution in [0, 0.1) is 0 Å². The lowest BCUT2D eigenvalue weighted by atomic mass is 10.1. The van der Waals surface area contributed by atoms with Crippen molar-refractivity contribution in [3.05, 3.63) is 71.4 Å². The van der Waals surface area contributed by atoms with Crippen LogP contribution in [0.1, 0.15) is 10.4 Å². The molecule has 0 aliphatic carbocycles. The lowest BCUT2D eigenvalue weighted by Gasteiger charge is -2.04. The van der Waals surface area contributed by atoms with Crippen molar-refractivity contribution in [2.24, 2.45) is 0 Å². The van der Waals surface area contributed by atoms with Crippen molar-refractivity contribution >= 4 is 23.1 Å². The minimum absolute atomic E-state index is 0.0706. The number of hydrogen-bond donors (Lipinski definition) is 2. The summed E-state index contributed by atoms with van der Waals surface area (Å²) >= 11 is 5.81. The Morgan fingerprint density at radius 2 is 1.89 bits per heavy atom. The van der Waals surface area contributed by atoms with E-state index >= 15 is 0 Å². The summed E-state index contributed by atoms with van der Waals surface area (Å²) < 4.78 is 0. The van der Waals surface area contributed by atoms with Crippen molar-refractivity contribution < 1.29 is 9.90 Å². The van der Waals surface area contributed by atoms with Gasteiger partial charge in [-0.2, -0.15) is 0 Å². The number of halogens is 1. The molecule has 2 aromatic carbocycles.